The van der Waals surface area contributed by atoms with Crippen LogP contribution in [0, 0.1) is 6.92 Å². The predicted octanol–water partition coefficient (Wildman–Crippen LogP) is 6.44. The van der Waals surface area contributed by atoms with E-state index in [1.54, 1.807) is 44.2 Å². The van der Waals surface area contributed by atoms with Gasteiger partial charge >= 0.3 is 18.6 Å². The van der Waals surface area contributed by atoms with Crippen molar-refractivity contribution in [3.63, 3.8) is 0 Å². The monoisotopic (exact) mass is 696 g/mol. The number of hydrogen-bond donors (Lipinski definition) is 2. The summed E-state index contributed by atoms with van der Waals surface area (Å²) >= 11 is 1.06. The second-order valence-electron chi connectivity index (χ2n) is 10.3. The summed E-state index contributed by atoms with van der Waals surface area (Å²) in [4.78, 5) is 36.3. The summed E-state index contributed by atoms with van der Waals surface area (Å²) in [5.41, 5.74) is 3.82. The summed E-state index contributed by atoms with van der Waals surface area (Å²) in [6, 6.07) is 15.6. The number of nitrogens with one attached hydrogen (secondary N) is 2. The van der Waals surface area contributed by atoms with Crippen LogP contribution < -0.4 is 25.2 Å². The number of rotatable bonds is 10. The molecule has 1 fully saturated rings. The van der Waals surface area contributed by atoms with Crippen LogP contribution in [0.2, 0.25) is 0 Å². The van der Waals surface area contributed by atoms with Crippen molar-refractivity contribution in [2.45, 2.75) is 38.0 Å². The average molecular weight is 697 g/mol. The third-order valence-corrected chi connectivity index (χ3v) is 7.74. The number of alkyl halides is 6. The number of carbonyl (C=O) groups excluding carboxylic acids is 2. The Hall–Kier alpha value is -4.97. The van der Waals surface area contributed by atoms with Gasteiger partial charge in [-0.25, -0.2) is 19.9 Å². The summed E-state index contributed by atoms with van der Waals surface area (Å²) in [5.74, 6) is -0.650. The number of nitrogens with zero attached hydrogens (tertiary/aromatic N) is 4. The van der Waals surface area contributed by atoms with Gasteiger partial charge in [0, 0.05) is 5.56 Å². The number of aryl methyl sites for hydroxylation is 1. The minimum absolute atomic E-state index is 0.0303. The Balaban J connectivity index is 1.17. The number of ether oxygens (including phenoxy) is 2. The van der Waals surface area contributed by atoms with Crippen LogP contribution in [-0.2, 0) is 9.63 Å². The number of urea groups is 1. The number of thioether (sulfide) groups is 1. The van der Waals surface area contributed by atoms with Crippen LogP contribution in [0.4, 0.5) is 36.8 Å². The standard InChI is InChI=1S/C30H26F6N6O5S/c1-17-3-12-24(45-15-29(31,32)33)23(13-17)42-25(43)14-48-28(42)38-27(44)40-47-18(2)19-4-6-20(7-5-19)26-37-16-41(39-26)21-8-10-22(11-9-21)46-30(34,35)36/h3-13,16,18,28H,14-15H2,1-2H3,(H2,38,40,44). The molecule has 0 radical (unpaired) electrons. The zero-order valence-electron chi connectivity index (χ0n) is 25.0. The molecule has 48 heavy (non-hydrogen) atoms. The Morgan fingerprint density at radius 2 is 1.75 bits per heavy atom. The van der Waals surface area contributed by atoms with Crippen molar-refractivity contribution in [2.75, 3.05) is 17.3 Å². The van der Waals surface area contributed by atoms with E-state index in [-0.39, 0.29) is 22.9 Å². The molecule has 1 aliphatic heterocycles. The number of hydroxylamine groups is 1. The van der Waals surface area contributed by atoms with Crippen molar-refractivity contribution < 1.29 is 50.2 Å². The predicted molar refractivity (Wildman–Crippen MR) is 161 cm³/mol. The number of halogens is 6. The van der Waals surface area contributed by atoms with Crippen molar-refractivity contribution in [1.82, 2.24) is 25.6 Å². The minimum Gasteiger partial charge on any atom is -0.482 e. The Morgan fingerprint density at radius 1 is 1.04 bits per heavy atom. The first kappa shape index (κ1) is 34.4. The highest BCUT2D eigenvalue weighted by atomic mass is 32.2. The summed E-state index contributed by atoms with van der Waals surface area (Å²) in [6.45, 7) is 1.82. The average Bonchev–Trinajstić information content (AvgIpc) is 3.65. The molecule has 11 nitrogen and oxygen atoms in total. The number of benzene rings is 3. The van der Waals surface area contributed by atoms with Crippen molar-refractivity contribution >= 4 is 29.4 Å². The molecular weight excluding hydrogens is 670 g/mol. The molecule has 2 heterocycles. The van der Waals surface area contributed by atoms with E-state index in [0.717, 1.165) is 28.8 Å². The fourth-order valence-corrected chi connectivity index (χ4v) is 5.47. The summed E-state index contributed by atoms with van der Waals surface area (Å²) in [5, 5.41) is 6.94. The van der Waals surface area contributed by atoms with E-state index in [0.29, 0.717) is 28.2 Å². The third kappa shape index (κ3) is 8.88. The number of aromatic nitrogens is 3. The van der Waals surface area contributed by atoms with Crippen LogP contribution >= 0.6 is 11.8 Å². The minimum atomic E-state index is -4.80. The number of hydrogen-bond acceptors (Lipinski definition) is 8. The van der Waals surface area contributed by atoms with E-state index in [9.17, 15) is 35.9 Å². The largest absolute Gasteiger partial charge is 0.573 e. The quantitative estimate of drug-likeness (QED) is 0.144. The molecule has 18 heteroatoms. The number of carbonyl (C=O) groups is 2. The molecular formula is C30H26F6N6O5S. The highest BCUT2D eigenvalue weighted by Gasteiger charge is 2.37. The van der Waals surface area contributed by atoms with E-state index >= 15 is 0 Å². The summed E-state index contributed by atoms with van der Waals surface area (Å²) in [7, 11) is 0. The van der Waals surface area contributed by atoms with E-state index in [2.05, 4.69) is 25.6 Å². The van der Waals surface area contributed by atoms with Crippen molar-refractivity contribution in [2.24, 2.45) is 0 Å². The summed E-state index contributed by atoms with van der Waals surface area (Å²) < 4.78 is 85.9. The van der Waals surface area contributed by atoms with Crippen LogP contribution in [0.25, 0.3) is 17.1 Å². The molecule has 1 saturated heterocycles. The van der Waals surface area contributed by atoms with Gasteiger partial charge in [0.15, 0.2) is 17.9 Å². The van der Waals surface area contributed by atoms with Crippen LogP contribution in [0.5, 0.6) is 11.5 Å². The lowest BCUT2D eigenvalue weighted by Crippen LogP contribution is -2.48. The Labute approximate surface area is 273 Å². The lowest BCUT2D eigenvalue weighted by molar-refractivity contribution is -0.274. The maximum absolute atomic E-state index is 12.8. The highest BCUT2D eigenvalue weighted by Crippen LogP contribution is 2.37. The Kier molecular flexibility index (Phi) is 10.0. The SMILES string of the molecule is Cc1ccc(OCC(F)(F)F)c(N2C(=O)CSC2NC(=O)NOC(C)c2ccc(-c3ncn(-c4ccc(OC(F)(F)F)cc4)n3)cc2)c1. The van der Waals surface area contributed by atoms with Gasteiger partial charge < -0.3 is 14.8 Å². The molecule has 254 valence electrons. The third-order valence-electron chi connectivity index (χ3n) is 6.68. The van der Waals surface area contributed by atoms with Gasteiger partial charge in [0.2, 0.25) is 5.91 Å². The fraction of sp³-hybridized carbons (Fsp3) is 0.267. The Bertz CT molecular complexity index is 1750. The van der Waals surface area contributed by atoms with Gasteiger partial charge in [-0.2, -0.15) is 13.2 Å². The molecule has 2 N–H and O–H groups in total. The second kappa shape index (κ2) is 14.0. The van der Waals surface area contributed by atoms with Crippen LogP contribution in [-0.4, -0.2) is 57.1 Å². The molecule has 2 unspecified atom stereocenters. The molecule has 4 aromatic rings. The normalized spacial score (nSPS) is 15.7. The lowest BCUT2D eigenvalue weighted by atomic mass is 10.1. The van der Waals surface area contributed by atoms with Gasteiger partial charge in [0.25, 0.3) is 0 Å². The maximum atomic E-state index is 12.8. The first-order valence-corrected chi connectivity index (χ1v) is 15.0. The van der Waals surface area contributed by atoms with Gasteiger partial charge in [-0.15, -0.1) is 30.0 Å². The fourth-order valence-electron chi connectivity index (χ4n) is 4.46. The molecule has 1 aromatic heterocycles. The van der Waals surface area contributed by atoms with E-state index in [1.165, 1.54) is 35.3 Å². The lowest BCUT2D eigenvalue weighted by Gasteiger charge is -2.27. The molecule has 1 aliphatic rings. The van der Waals surface area contributed by atoms with Crippen molar-refractivity contribution in [3.05, 3.63) is 84.2 Å². The van der Waals surface area contributed by atoms with E-state index in [1.807, 2.05) is 0 Å². The topological polar surface area (TPSA) is 120 Å². The molecule has 5 rings (SSSR count). The molecule has 0 bridgehead atoms. The number of amides is 3. The smallest absolute Gasteiger partial charge is 0.482 e. The zero-order valence-corrected chi connectivity index (χ0v) is 25.8. The first-order chi connectivity index (χ1) is 22.6. The van der Waals surface area contributed by atoms with Gasteiger partial charge in [-0.05, 0) is 61.4 Å². The number of anilines is 1. The van der Waals surface area contributed by atoms with Gasteiger partial charge in [0.1, 0.15) is 23.9 Å². The highest BCUT2D eigenvalue weighted by molar-refractivity contribution is 8.01. The van der Waals surface area contributed by atoms with Gasteiger partial charge in [-0.3, -0.25) is 14.5 Å². The Morgan fingerprint density at radius 3 is 2.42 bits per heavy atom. The summed E-state index contributed by atoms with van der Waals surface area (Å²) in [6.07, 6.45) is -8.62. The molecule has 3 aromatic carbocycles. The van der Waals surface area contributed by atoms with E-state index in [4.69, 9.17) is 9.57 Å². The van der Waals surface area contributed by atoms with Crippen molar-refractivity contribution in [3.8, 4) is 28.6 Å². The van der Waals surface area contributed by atoms with Gasteiger partial charge in [-0.1, -0.05) is 30.3 Å². The van der Waals surface area contributed by atoms with Crippen LogP contribution in [0.3, 0.4) is 0 Å². The van der Waals surface area contributed by atoms with Crippen molar-refractivity contribution in [1.29, 1.82) is 0 Å². The molecule has 0 spiro atoms. The molecule has 2 atom stereocenters. The van der Waals surface area contributed by atoms with Crippen LogP contribution in [0.15, 0.2) is 73.1 Å². The molecule has 3 amide bonds. The maximum Gasteiger partial charge on any atom is 0.573 e. The molecule has 0 saturated carbocycles. The second-order valence-corrected chi connectivity index (χ2v) is 11.4. The first-order valence-electron chi connectivity index (χ1n) is 14.0. The molecule has 0 aliphatic carbocycles. The van der Waals surface area contributed by atoms with Gasteiger partial charge in [0.05, 0.1) is 17.1 Å². The zero-order chi connectivity index (χ0) is 34.6. The van der Waals surface area contributed by atoms with E-state index < -0.39 is 42.7 Å². The van der Waals surface area contributed by atoms with Crippen LogP contribution in [0.1, 0.15) is 24.2 Å².